The topological polar surface area (TPSA) is 26.0 Å². The summed E-state index contributed by atoms with van der Waals surface area (Å²) < 4.78 is 99.9. The monoisotopic (exact) mass is 327 g/mol. The van der Waals surface area contributed by atoms with E-state index < -0.39 is 40.5 Å². The van der Waals surface area contributed by atoms with Crippen molar-refractivity contribution in [2.24, 2.45) is 5.73 Å². The van der Waals surface area contributed by atoms with E-state index in [9.17, 15) is 35.1 Å². The first kappa shape index (κ1) is 17.0. The molecule has 0 aromatic heterocycles. The van der Waals surface area contributed by atoms with Crippen LogP contribution in [0, 0.1) is 0 Å². The van der Waals surface area contributed by atoms with Crippen molar-refractivity contribution in [1.29, 1.82) is 0 Å². The molecule has 114 valence electrons. The van der Waals surface area contributed by atoms with Gasteiger partial charge in [-0.3, -0.25) is 0 Å². The van der Waals surface area contributed by atoms with Gasteiger partial charge < -0.3 is 5.73 Å². The minimum atomic E-state index is -6.01. The number of nitrogens with two attached hydrogens (primary N) is 1. The fourth-order valence-electron chi connectivity index (χ4n) is 1.38. The summed E-state index contributed by atoms with van der Waals surface area (Å²) in [4.78, 5) is 0. The Morgan fingerprint density at radius 1 is 0.950 bits per heavy atom. The zero-order chi connectivity index (χ0) is 15.9. The van der Waals surface area contributed by atoms with E-state index in [4.69, 9.17) is 17.3 Å². The molecule has 0 fully saturated rings. The van der Waals surface area contributed by atoms with Crippen LogP contribution in [0.25, 0.3) is 0 Å². The van der Waals surface area contributed by atoms with Crippen LogP contribution in [0.4, 0.5) is 35.1 Å². The molecule has 1 aromatic carbocycles. The van der Waals surface area contributed by atoms with E-state index in [1.54, 1.807) is 0 Å². The average Bonchev–Trinajstić information content (AvgIpc) is 2.25. The number of halogens is 9. The van der Waals surface area contributed by atoms with Crippen molar-refractivity contribution < 1.29 is 35.1 Å². The third kappa shape index (κ3) is 2.98. The summed E-state index contributed by atoms with van der Waals surface area (Å²) in [5, 5.41) is -1.28. The molecule has 1 atom stereocenters. The van der Waals surface area contributed by atoms with E-state index in [-0.39, 0.29) is 0 Å². The van der Waals surface area contributed by atoms with Crippen molar-refractivity contribution in [3.8, 4) is 0 Å². The van der Waals surface area contributed by atoms with Gasteiger partial charge in [-0.2, -0.15) is 35.1 Å². The lowest BCUT2D eigenvalue weighted by Gasteiger charge is -2.27. The molecular weight excluding hydrogens is 322 g/mol. The minimum Gasteiger partial charge on any atom is -0.319 e. The van der Waals surface area contributed by atoms with Crippen molar-refractivity contribution in [2.45, 2.75) is 24.3 Å². The molecule has 20 heavy (non-hydrogen) atoms. The van der Waals surface area contributed by atoms with Crippen LogP contribution in [-0.2, 0) is 6.18 Å². The van der Waals surface area contributed by atoms with E-state index in [1.165, 1.54) is 0 Å². The highest BCUT2D eigenvalue weighted by atomic mass is 35.5. The Morgan fingerprint density at radius 3 is 1.85 bits per heavy atom. The van der Waals surface area contributed by atoms with Gasteiger partial charge in [-0.1, -0.05) is 23.7 Å². The summed E-state index contributed by atoms with van der Waals surface area (Å²) in [6, 6.07) is -1.36. The summed E-state index contributed by atoms with van der Waals surface area (Å²) in [7, 11) is 0. The van der Waals surface area contributed by atoms with Crippen molar-refractivity contribution >= 4 is 11.6 Å². The van der Waals surface area contributed by atoms with Crippen LogP contribution < -0.4 is 5.73 Å². The van der Waals surface area contributed by atoms with Crippen LogP contribution in [0.2, 0.25) is 5.02 Å². The lowest BCUT2D eigenvalue weighted by atomic mass is 9.98. The second-order valence-corrected chi connectivity index (χ2v) is 4.18. The van der Waals surface area contributed by atoms with Crippen LogP contribution in [0.3, 0.4) is 0 Å². The number of hydrogen-bond donors (Lipinski definition) is 1. The van der Waals surface area contributed by atoms with Crippen LogP contribution in [0.5, 0.6) is 0 Å². The second-order valence-electron chi connectivity index (χ2n) is 3.80. The van der Waals surface area contributed by atoms with Gasteiger partial charge in [0.25, 0.3) is 0 Å². The molecule has 1 aromatic rings. The van der Waals surface area contributed by atoms with Crippen molar-refractivity contribution in [2.75, 3.05) is 0 Å². The maximum atomic E-state index is 13.0. The molecule has 0 saturated carbocycles. The molecule has 10 heteroatoms. The summed E-state index contributed by atoms with van der Waals surface area (Å²) in [5.74, 6) is -5.42. The Labute approximate surface area is 112 Å². The number of hydrogen-bond acceptors (Lipinski definition) is 1. The smallest absolute Gasteiger partial charge is 0.319 e. The van der Waals surface area contributed by atoms with Crippen LogP contribution >= 0.6 is 11.6 Å². The normalized spacial score (nSPS) is 15.3. The Bertz CT molecular complexity index is 493. The molecule has 0 bridgehead atoms. The maximum Gasteiger partial charge on any atom is 0.455 e. The maximum absolute atomic E-state index is 13.0. The zero-order valence-electron chi connectivity index (χ0n) is 9.29. The number of rotatable bonds is 2. The fraction of sp³-hybridized carbons (Fsp3) is 0.400. The van der Waals surface area contributed by atoms with Gasteiger partial charge in [-0.15, -0.1) is 0 Å². The highest BCUT2D eigenvalue weighted by molar-refractivity contribution is 6.32. The van der Waals surface area contributed by atoms with E-state index in [0.717, 1.165) is 0 Å². The van der Waals surface area contributed by atoms with E-state index >= 15 is 0 Å². The first-order chi connectivity index (χ1) is 8.80. The molecule has 0 spiro atoms. The van der Waals surface area contributed by atoms with Crippen LogP contribution in [0.15, 0.2) is 18.2 Å². The quantitative estimate of drug-likeness (QED) is 0.792. The molecule has 0 heterocycles. The van der Waals surface area contributed by atoms with E-state index in [1.807, 2.05) is 0 Å². The Morgan fingerprint density at radius 2 is 1.45 bits per heavy atom. The molecule has 0 saturated heterocycles. The van der Waals surface area contributed by atoms with Crippen molar-refractivity contribution in [3.05, 3.63) is 34.3 Å². The largest absolute Gasteiger partial charge is 0.455 e. The Hall–Kier alpha value is -1.09. The highest BCUT2D eigenvalue weighted by Crippen LogP contribution is 2.46. The third-order valence-electron chi connectivity index (χ3n) is 2.44. The highest BCUT2D eigenvalue weighted by Gasteiger charge is 2.62. The predicted octanol–water partition coefficient (Wildman–Crippen LogP) is 4.56. The molecule has 0 aliphatic rings. The first-order valence-electron chi connectivity index (χ1n) is 4.86. The molecule has 0 radical (unpaired) electrons. The molecule has 0 aliphatic carbocycles. The van der Waals surface area contributed by atoms with Gasteiger partial charge in [0.1, 0.15) is 6.04 Å². The van der Waals surface area contributed by atoms with Crippen molar-refractivity contribution in [1.82, 2.24) is 0 Å². The zero-order valence-corrected chi connectivity index (χ0v) is 10.0. The van der Waals surface area contributed by atoms with E-state index in [0.29, 0.717) is 18.2 Å². The Kier molecular flexibility index (Phi) is 4.27. The van der Waals surface area contributed by atoms with E-state index in [2.05, 4.69) is 0 Å². The standard InChI is InChI=1S/C10H6ClF8N/c11-6-4(2-1-3-5(6)9(14,15)16)7(20)8(12,13)10(17,18)19/h1-3,7H,20H2/t7-/m0/s1. The molecule has 0 aliphatic heterocycles. The lowest BCUT2D eigenvalue weighted by molar-refractivity contribution is -0.291. The summed E-state index contributed by atoms with van der Waals surface area (Å²) in [5.41, 5.74) is 2.08. The van der Waals surface area contributed by atoms with Gasteiger partial charge in [-0.25, -0.2) is 0 Å². The Balaban J connectivity index is 3.36. The third-order valence-corrected chi connectivity index (χ3v) is 2.86. The summed E-state index contributed by atoms with van der Waals surface area (Å²) in [6.07, 6.45) is -11.0. The molecule has 0 amide bonds. The van der Waals surface area contributed by atoms with Crippen LogP contribution in [0.1, 0.15) is 17.2 Å². The summed E-state index contributed by atoms with van der Waals surface area (Å²) in [6.45, 7) is 0. The molecule has 1 nitrogen and oxygen atoms in total. The lowest BCUT2D eigenvalue weighted by Crippen LogP contribution is -2.46. The van der Waals surface area contributed by atoms with Gasteiger partial charge >= 0.3 is 18.3 Å². The van der Waals surface area contributed by atoms with Crippen LogP contribution in [-0.4, -0.2) is 12.1 Å². The van der Waals surface area contributed by atoms with Gasteiger partial charge in [-0.05, 0) is 11.6 Å². The second kappa shape index (κ2) is 5.03. The van der Waals surface area contributed by atoms with Gasteiger partial charge in [0, 0.05) is 0 Å². The fourth-order valence-corrected chi connectivity index (χ4v) is 1.73. The van der Waals surface area contributed by atoms with Gasteiger partial charge in [0.15, 0.2) is 0 Å². The molecule has 0 unspecified atom stereocenters. The van der Waals surface area contributed by atoms with Gasteiger partial charge in [0.05, 0.1) is 10.6 Å². The predicted molar refractivity (Wildman–Crippen MR) is 54.4 cm³/mol. The number of alkyl halides is 8. The minimum absolute atomic E-state index is 0.449. The first-order valence-corrected chi connectivity index (χ1v) is 5.23. The summed E-state index contributed by atoms with van der Waals surface area (Å²) >= 11 is 5.24. The SMILES string of the molecule is N[C@@H](c1cccc(C(F)(F)F)c1Cl)C(F)(F)C(F)(F)F. The molecule has 1 rings (SSSR count). The molecular formula is C10H6ClF8N. The average molecular weight is 328 g/mol. The van der Waals surface area contributed by atoms with Gasteiger partial charge in [0.2, 0.25) is 0 Å². The number of benzene rings is 1. The molecule has 2 N–H and O–H groups in total. The van der Waals surface area contributed by atoms with Crippen molar-refractivity contribution in [3.63, 3.8) is 0 Å².